The summed E-state index contributed by atoms with van der Waals surface area (Å²) < 4.78 is 5.19. The lowest BCUT2D eigenvalue weighted by Crippen LogP contribution is -2.23. The summed E-state index contributed by atoms with van der Waals surface area (Å²) in [5.41, 5.74) is 9.20. The first-order valence-electron chi connectivity index (χ1n) is 6.19. The van der Waals surface area contributed by atoms with Crippen molar-refractivity contribution in [1.29, 1.82) is 0 Å². The molecule has 1 aliphatic rings. The number of anilines is 2. The van der Waals surface area contributed by atoms with Crippen LogP contribution in [-0.2, 0) is 0 Å². The van der Waals surface area contributed by atoms with Gasteiger partial charge in [-0.3, -0.25) is 9.69 Å². The van der Waals surface area contributed by atoms with Crippen LogP contribution >= 0.6 is 0 Å². The number of amides is 1. The minimum absolute atomic E-state index is 0.120. The molecule has 3 rings (SSSR count). The molecule has 0 saturated carbocycles. The maximum Gasteiger partial charge on any atom is 0.263 e. The van der Waals surface area contributed by atoms with Crippen molar-refractivity contribution in [1.82, 2.24) is 0 Å². The van der Waals surface area contributed by atoms with E-state index in [0.29, 0.717) is 28.4 Å². The third kappa shape index (κ3) is 1.66. The highest BCUT2D eigenvalue weighted by atomic mass is 16.5. The monoisotopic (exact) mass is 266 g/mol. The highest BCUT2D eigenvalue weighted by Gasteiger charge is 2.32. The zero-order valence-corrected chi connectivity index (χ0v) is 11.1. The Kier molecular flexibility index (Phi) is 2.71. The first-order valence-corrected chi connectivity index (χ1v) is 6.19. The molecule has 0 aromatic heterocycles. The maximum atomic E-state index is 12.5. The SMILES string of the molecule is C=C1c2ccccc2C(=O)N1c1cc(OC)ccc1N. The summed E-state index contributed by atoms with van der Waals surface area (Å²) >= 11 is 0. The molecule has 0 aliphatic carbocycles. The fourth-order valence-electron chi connectivity index (χ4n) is 2.38. The molecule has 1 aliphatic heterocycles. The number of hydrogen-bond donors (Lipinski definition) is 1. The molecule has 20 heavy (non-hydrogen) atoms. The summed E-state index contributed by atoms with van der Waals surface area (Å²) in [4.78, 5) is 14.1. The summed E-state index contributed by atoms with van der Waals surface area (Å²) in [5, 5.41) is 0. The number of fused-ring (bicyclic) bond motifs is 1. The Morgan fingerprint density at radius 3 is 2.50 bits per heavy atom. The number of carbonyl (C=O) groups is 1. The minimum atomic E-state index is -0.120. The molecule has 2 aromatic rings. The number of benzene rings is 2. The zero-order valence-electron chi connectivity index (χ0n) is 11.1. The van der Waals surface area contributed by atoms with Crippen LogP contribution in [0.4, 0.5) is 11.4 Å². The molecule has 0 atom stereocenters. The van der Waals surface area contributed by atoms with Crippen LogP contribution in [0.1, 0.15) is 15.9 Å². The van der Waals surface area contributed by atoms with Gasteiger partial charge in [0.15, 0.2) is 0 Å². The highest BCUT2D eigenvalue weighted by Crippen LogP contribution is 2.39. The van der Waals surface area contributed by atoms with Gasteiger partial charge in [0.05, 0.1) is 24.2 Å². The lowest BCUT2D eigenvalue weighted by Gasteiger charge is -2.20. The van der Waals surface area contributed by atoms with Crippen LogP contribution in [0.15, 0.2) is 49.0 Å². The van der Waals surface area contributed by atoms with E-state index in [0.717, 1.165) is 5.56 Å². The normalized spacial score (nSPS) is 13.6. The Morgan fingerprint density at radius 2 is 1.85 bits per heavy atom. The van der Waals surface area contributed by atoms with Gasteiger partial charge in [0.1, 0.15) is 5.75 Å². The largest absolute Gasteiger partial charge is 0.497 e. The summed E-state index contributed by atoms with van der Waals surface area (Å²) in [7, 11) is 1.57. The Morgan fingerprint density at radius 1 is 1.15 bits per heavy atom. The van der Waals surface area contributed by atoms with Crippen molar-refractivity contribution in [3.05, 3.63) is 60.2 Å². The third-order valence-electron chi connectivity index (χ3n) is 3.42. The van der Waals surface area contributed by atoms with Gasteiger partial charge in [-0.2, -0.15) is 0 Å². The molecular formula is C16H14N2O2. The molecule has 100 valence electrons. The van der Waals surface area contributed by atoms with E-state index in [-0.39, 0.29) is 5.91 Å². The molecule has 0 spiro atoms. The highest BCUT2D eigenvalue weighted by molar-refractivity contribution is 6.23. The van der Waals surface area contributed by atoms with E-state index in [2.05, 4.69) is 6.58 Å². The lowest BCUT2D eigenvalue weighted by atomic mass is 10.1. The molecule has 4 nitrogen and oxygen atoms in total. The van der Waals surface area contributed by atoms with Gasteiger partial charge in [-0.1, -0.05) is 24.8 Å². The topological polar surface area (TPSA) is 55.6 Å². The third-order valence-corrected chi connectivity index (χ3v) is 3.42. The van der Waals surface area contributed by atoms with Gasteiger partial charge in [-0.05, 0) is 18.2 Å². The lowest BCUT2D eigenvalue weighted by molar-refractivity contribution is 0.101. The van der Waals surface area contributed by atoms with E-state index in [1.807, 2.05) is 18.2 Å². The molecule has 1 amide bonds. The molecule has 0 saturated heterocycles. The van der Waals surface area contributed by atoms with E-state index >= 15 is 0 Å². The quantitative estimate of drug-likeness (QED) is 0.850. The predicted octanol–water partition coefficient (Wildman–Crippen LogP) is 2.91. The van der Waals surface area contributed by atoms with Gasteiger partial charge < -0.3 is 10.5 Å². The Hall–Kier alpha value is -2.75. The van der Waals surface area contributed by atoms with E-state index in [1.165, 1.54) is 4.90 Å². The average molecular weight is 266 g/mol. The molecule has 1 heterocycles. The number of nitrogen functional groups attached to an aromatic ring is 1. The van der Waals surface area contributed by atoms with Crippen LogP contribution in [0.2, 0.25) is 0 Å². The number of methoxy groups -OCH3 is 1. The molecule has 2 N–H and O–H groups in total. The van der Waals surface area contributed by atoms with E-state index < -0.39 is 0 Å². The van der Waals surface area contributed by atoms with Crippen molar-refractivity contribution in [3.63, 3.8) is 0 Å². The molecule has 2 aromatic carbocycles. The number of carbonyl (C=O) groups excluding carboxylic acids is 1. The number of hydrogen-bond acceptors (Lipinski definition) is 3. The van der Waals surface area contributed by atoms with E-state index in [4.69, 9.17) is 10.5 Å². The number of ether oxygens (including phenoxy) is 1. The van der Waals surface area contributed by atoms with Gasteiger partial charge >= 0.3 is 0 Å². The minimum Gasteiger partial charge on any atom is -0.497 e. The second-order valence-corrected chi connectivity index (χ2v) is 4.56. The van der Waals surface area contributed by atoms with Crippen LogP contribution in [0.25, 0.3) is 5.70 Å². The van der Waals surface area contributed by atoms with Gasteiger partial charge in [0.25, 0.3) is 5.91 Å². The molecule has 4 heteroatoms. The summed E-state index contributed by atoms with van der Waals surface area (Å²) in [6.07, 6.45) is 0. The van der Waals surface area contributed by atoms with Crippen molar-refractivity contribution in [2.75, 3.05) is 17.7 Å². The van der Waals surface area contributed by atoms with Gasteiger partial charge in [0.2, 0.25) is 0 Å². The fraction of sp³-hybridized carbons (Fsp3) is 0.0625. The second-order valence-electron chi connectivity index (χ2n) is 4.56. The molecule has 0 unspecified atom stereocenters. The molecular weight excluding hydrogens is 252 g/mol. The fourth-order valence-corrected chi connectivity index (χ4v) is 2.38. The first kappa shape index (κ1) is 12.3. The van der Waals surface area contributed by atoms with Gasteiger partial charge in [-0.25, -0.2) is 0 Å². The van der Waals surface area contributed by atoms with E-state index in [1.54, 1.807) is 31.4 Å². The number of nitrogens with zero attached hydrogens (tertiary/aromatic N) is 1. The van der Waals surface area contributed by atoms with Crippen LogP contribution in [0, 0.1) is 0 Å². The summed E-state index contributed by atoms with van der Waals surface area (Å²) in [6, 6.07) is 12.6. The number of nitrogens with two attached hydrogens (primary N) is 1. The molecule has 0 fully saturated rings. The van der Waals surface area contributed by atoms with Crippen molar-refractivity contribution < 1.29 is 9.53 Å². The summed E-state index contributed by atoms with van der Waals surface area (Å²) in [5.74, 6) is 0.524. The number of rotatable bonds is 2. The Bertz CT molecular complexity index is 687. The van der Waals surface area contributed by atoms with Crippen LogP contribution in [-0.4, -0.2) is 13.0 Å². The van der Waals surface area contributed by atoms with Crippen molar-refractivity contribution in [3.8, 4) is 5.75 Å². The standard InChI is InChI=1S/C16H14N2O2/c1-10-12-5-3-4-6-13(12)16(19)18(10)15-9-11(20-2)7-8-14(15)17/h3-9H,1,17H2,2H3. The van der Waals surface area contributed by atoms with Crippen LogP contribution in [0.3, 0.4) is 0 Å². The Balaban J connectivity index is 2.14. The maximum absolute atomic E-state index is 12.5. The predicted molar refractivity (Wildman–Crippen MR) is 79.7 cm³/mol. The van der Waals surface area contributed by atoms with Gasteiger partial charge in [-0.15, -0.1) is 0 Å². The van der Waals surface area contributed by atoms with Gasteiger partial charge in [0, 0.05) is 17.2 Å². The zero-order chi connectivity index (χ0) is 14.3. The molecule has 0 radical (unpaired) electrons. The second kappa shape index (κ2) is 4.42. The van der Waals surface area contributed by atoms with Crippen molar-refractivity contribution >= 4 is 23.0 Å². The first-order chi connectivity index (χ1) is 9.63. The van der Waals surface area contributed by atoms with Crippen LogP contribution in [0.5, 0.6) is 5.75 Å². The van der Waals surface area contributed by atoms with E-state index in [9.17, 15) is 4.79 Å². The molecule has 0 bridgehead atoms. The smallest absolute Gasteiger partial charge is 0.263 e. The van der Waals surface area contributed by atoms with Crippen molar-refractivity contribution in [2.24, 2.45) is 0 Å². The average Bonchev–Trinajstić information content (AvgIpc) is 2.72. The van der Waals surface area contributed by atoms with Crippen molar-refractivity contribution in [2.45, 2.75) is 0 Å². The Labute approximate surface area is 117 Å². The summed E-state index contributed by atoms with van der Waals surface area (Å²) in [6.45, 7) is 4.01. The van der Waals surface area contributed by atoms with Crippen LogP contribution < -0.4 is 15.4 Å².